The van der Waals surface area contributed by atoms with Gasteiger partial charge in [-0.1, -0.05) is 34.6 Å². The van der Waals surface area contributed by atoms with Gasteiger partial charge >= 0.3 is 0 Å². The Morgan fingerprint density at radius 2 is 2.08 bits per heavy atom. The number of ketones is 1. The first-order chi connectivity index (χ1) is 11.7. The van der Waals surface area contributed by atoms with Crippen molar-refractivity contribution < 1.29 is 24.1 Å². The molecule has 0 aliphatic rings. The number of Topliss-reactive ketones (excluding diaryl/α,β-unsaturated/α-hetero) is 1. The molecule has 0 aliphatic heterocycles. The van der Waals surface area contributed by atoms with Crippen LogP contribution in [0.2, 0.25) is 0 Å². The van der Waals surface area contributed by atoms with E-state index >= 15 is 0 Å². The molecule has 124 valence electrons. The Morgan fingerprint density at radius 3 is 2.88 bits per heavy atom. The van der Waals surface area contributed by atoms with Crippen molar-refractivity contribution in [3.63, 3.8) is 0 Å². The molecule has 0 radical (unpaired) electrons. The molecule has 24 heavy (non-hydrogen) atoms. The summed E-state index contributed by atoms with van der Waals surface area (Å²) in [6.07, 6.45) is 5.70. The highest BCUT2D eigenvalue weighted by Crippen LogP contribution is 2.11. The van der Waals surface area contributed by atoms with Crippen LogP contribution in [-0.2, 0) is 17.9 Å². The third-order valence-electron chi connectivity index (χ3n) is 3.13. The number of benzene rings is 1. The van der Waals surface area contributed by atoms with Crippen LogP contribution >= 0.6 is 0 Å². The van der Waals surface area contributed by atoms with E-state index in [9.17, 15) is 4.79 Å². The summed E-state index contributed by atoms with van der Waals surface area (Å²) >= 11 is 0. The normalized spacial score (nSPS) is 11.2. The number of oxime groups is 2. The summed E-state index contributed by atoms with van der Waals surface area (Å²) in [5.74, 6) is 0.429. The number of ether oxygens (including phenoxy) is 1. The minimum atomic E-state index is -0.0271. The molecule has 0 spiro atoms. The summed E-state index contributed by atoms with van der Waals surface area (Å²) in [5, 5.41) is 14.6. The average molecular weight is 328 g/mol. The van der Waals surface area contributed by atoms with Crippen LogP contribution in [0.3, 0.4) is 0 Å². The summed E-state index contributed by atoms with van der Waals surface area (Å²) in [7, 11) is 1.60. The number of aromatic nitrogens is 1. The van der Waals surface area contributed by atoms with Gasteiger partial charge in [0, 0.05) is 18.7 Å². The largest absolute Gasteiger partial charge is 0.411 e. The van der Waals surface area contributed by atoms with Gasteiger partial charge in [0.05, 0.1) is 19.0 Å². The quantitative estimate of drug-likeness (QED) is 0.263. The predicted octanol–water partition coefficient (Wildman–Crippen LogP) is 1.83. The fraction of sp³-hybridized carbons (Fsp3) is 0.176. The summed E-state index contributed by atoms with van der Waals surface area (Å²) in [6.45, 7) is 0.552. The van der Waals surface area contributed by atoms with Gasteiger partial charge in [-0.05, 0) is 11.6 Å². The molecule has 1 aromatic heterocycles. The summed E-state index contributed by atoms with van der Waals surface area (Å²) in [4.78, 5) is 17.6. The van der Waals surface area contributed by atoms with Crippen molar-refractivity contribution in [2.75, 3.05) is 7.11 Å². The zero-order chi connectivity index (χ0) is 17.2. The van der Waals surface area contributed by atoms with Gasteiger partial charge in [0.15, 0.2) is 6.20 Å². The lowest BCUT2D eigenvalue weighted by molar-refractivity contribution is -0.683. The van der Waals surface area contributed by atoms with E-state index in [2.05, 4.69) is 10.3 Å². The van der Waals surface area contributed by atoms with Crippen molar-refractivity contribution in [1.29, 1.82) is 0 Å². The number of hydrogen-bond donors (Lipinski definition) is 1. The van der Waals surface area contributed by atoms with Crippen molar-refractivity contribution in [2.24, 2.45) is 10.3 Å². The number of methoxy groups -OCH3 is 1. The lowest BCUT2D eigenvalue weighted by Crippen LogP contribution is -2.37. The molecular weight excluding hydrogens is 310 g/mol. The van der Waals surface area contributed by atoms with Gasteiger partial charge in [0.25, 0.3) is 0 Å². The van der Waals surface area contributed by atoms with E-state index in [0.717, 1.165) is 11.8 Å². The molecule has 0 saturated carbocycles. The van der Waals surface area contributed by atoms with Crippen LogP contribution in [-0.4, -0.2) is 30.5 Å². The second-order valence-corrected chi connectivity index (χ2v) is 4.84. The van der Waals surface area contributed by atoms with Crippen LogP contribution in [0.5, 0.6) is 5.75 Å². The number of carbonyl (C=O) groups is 1. The van der Waals surface area contributed by atoms with Gasteiger partial charge in [-0.2, -0.15) is 4.57 Å². The molecule has 0 bridgehead atoms. The smallest absolute Gasteiger partial charge is 0.227 e. The van der Waals surface area contributed by atoms with Crippen LogP contribution in [0.25, 0.3) is 0 Å². The third-order valence-corrected chi connectivity index (χ3v) is 3.13. The standard InChI is InChI=1S/C17H17N3O4/c1-23-13-14-5-2-3-7-16(14)17(21)12-20-10-4-6-15(11-20)24-19-9-8-18-22/h2-11H,12-13H2,1H3/p+1. The Kier molecular flexibility index (Phi) is 6.60. The highest BCUT2D eigenvalue weighted by molar-refractivity contribution is 6.15. The van der Waals surface area contributed by atoms with E-state index in [-0.39, 0.29) is 12.3 Å². The lowest BCUT2D eigenvalue weighted by Gasteiger charge is -2.06. The Balaban J connectivity index is 2.09. The zero-order valence-corrected chi connectivity index (χ0v) is 13.2. The summed E-state index contributed by atoms with van der Waals surface area (Å²) in [5.41, 5.74) is 1.49. The fourth-order valence-electron chi connectivity index (χ4n) is 2.12. The molecule has 1 N–H and O–H groups in total. The highest BCUT2D eigenvalue weighted by atomic mass is 16.6. The number of nitrogens with zero attached hydrogens (tertiary/aromatic N) is 3. The third kappa shape index (κ3) is 4.99. The van der Waals surface area contributed by atoms with Crippen molar-refractivity contribution in [1.82, 2.24) is 0 Å². The van der Waals surface area contributed by atoms with E-state index in [1.54, 1.807) is 42.3 Å². The molecule has 7 nitrogen and oxygen atoms in total. The molecule has 0 aliphatic carbocycles. The molecule has 0 saturated heterocycles. The SMILES string of the molecule is COCc1ccccc1C(=O)C[n+]1cccc(ON=CC=NO)c1. The topological polar surface area (TPSA) is 84.4 Å². The Hall–Kier alpha value is -3.06. The van der Waals surface area contributed by atoms with Crippen molar-refractivity contribution >= 4 is 18.2 Å². The summed E-state index contributed by atoms with van der Waals surface area (Å²) < 4.78 is 6.83. The van der Waals surface area contributed by atoms with Crippen molar-refractivity contribution in [2.45, 2.75) is 13.2 Å². The number of rotatable bonds is 8. The van der Waals surface area contributed by atoms with Gasteiger partial charge in [-0.25, -0.2) is 0 Å². The Bertz CT molecular complexity index is 744. The average Bonchev–Trinajstić information content (AvgIpc) is 2.60. The van der Waals surface area contributed by atoms with Crippen LogP contribution < -0.4 is 9.40 Å². The maximum atomic E-state index is 12.5. The van der Waals surface area contributed by atoms with E-state index in [1.807, 2.05) is 18.2 Å². The van der Waals surface area contributed by atoms with Crippen molar-refractivity contribution in [3.8, 4) is 5.75 Å². The molecule has 1 aromatic carbocycles. The first-order valence-electron chi connectivity index (χ1n) is 7.20. The van der Waals surface area contributed by atoms with Gasteiger partial charge in [-0.3, -0.25) is 4.79 Å². The molecular formula is C17H18N3O4+. The molecule has 0 unspecified atom stereocenters. The van der Waals surface area contributed by atoms with E-state index in [0.29, 0.717) is 17.9 Å². The molecule has 2 rings (SSSR count). The monoisotopic (exact) mass is 328 g/mol. The van der Waals surface area contributed by atoms with Gasteiger partial charge in [-0.15, -0.1) is 0 Å². The summed E-state index contributed by atoms with van der Waals surface area (Å²) in [6, 6.07) is 10.8. The number of carbonyl (C=O) groups excluding carboxylic acids is 1. The molecule has 7 heteroatoms. The molecule has 2 aromatic rings. The Morgan fingerprint density at radius 1 is 1.25 bits per heavy atom. The molecule has 0 atom stereocenters. The predicted molar refractivity (Wildman–Crippen MR) is 87.5 cm³/mol. The first kappa shape index (κ1) is 17.3. The van der Waals surface area contributed by atoms with Crippen molar-refractivity contribution in [3.05, 3.63) is 59.9 Å². The zero-order valence-electron chi connectivity index (χ0n) is 13.2. The second-order valence-electron chi connectivity index (χ2n) is 4.84. The molecule has 0 fully saturated rings. The van der Waals surface area contributed by atoms with Gasteiger partial charge in [0.1, 0.15) is 0 Å². The van der Waals surface area contributed by atoms with Crippen LogP contribution in [0, 0.1) is 0 Å². The number of hydrogen-bond acceptors (Lipinski definition) is 6. The molecule has 1 heterocycles. The lowest BCUT2D eigenvalue weighted by atomic mass is 10.0. The minimum absolute atomic E-state index is 0.0271. The van der Waals surface area contributed by atoms with Crippen LogP contribution in [0.15, 0.2) is 59.1 Å². The van der Waals surface area contributed by atoms with Gasteiger partial charge in [0.2, 0.25) is 24.3 Å². The van der Waals surface area contributed by atoms with E-state index < -0.39 is 0 Å². The van der Waals surface area contributed by atoms with E-state index in [1.165, 1.54) is 6.21 Å². The van der Waals surface area contributed by atoms with Crippen LogP contribution in [0.4, 0.5) is 0 Å². The van der Waals surface area contributed by atoms with Gasteiger partial charge < -0.3 is 14.8 Å². The Labute approximate surface area is 139 Å². The molecule has 0 amide bonds. The maximum absolute atomic E-state index is 12.5. The van der Waals surface area contributed by atoms with E-state index in [4.69, 9.17) is 14.8 Å². The second kappa shape index (κ2) is 9.16. The highest BCUT2D eigenvalue weighted by Gasteiger charge is 2.16. The number of pyridine rings is 1. The minimum Gasteiger partial charge on any atom is -0.411 e. The fourth-order valence-corrected chi connectivity index (χ4v) is 2.12. The first-order valence-corrected chi connectivity index (χ1v) is 7.20. The van der Waals surface area contributed by atoms with Crippen LogP contribution in [0.1, 0.15) is 15.9 Å². The maximum Gasteiger partial charge on any atom is 0.227 e.